The van der Waals surface area contributed by atoms with Crippen LogP contribution in [0.1, 0.15) is 30.6 Å². The van der Waals surface area contributed by atoms with Crippen molar-refractivity contribution in [1.29, 1.82) is 0 Å². The Labute approximate surface area is 113 Å². The molecule has 1 saturated carbocycles. The maximum Gasteiger partial charge on any atom is 0.250 e. The maximum atomic E-state index is 12.2. The summed E-state index contributed by atoms with van der Waals surface area (Å²) >= 11 is 1.31. The third kappa shape index (κ3) is 3.12. The molecule has 0 unspecified atom stereocenters. The predicted molar refractivity (Wildman–Crippen MR) is 74.2 cm³/mol. The van der Waals surface area contributed by atoms with Crippen LogP contribution in [0.3, 0.4) is 0 Å². The molecular weight excluding hydrogens is 268 g/mol. The van der Waals surface area contributed by atoms with Crippen LogP contribution in [0, 0.1) is 12.8 Å². The van der Waals surface area contributed by atoms with Gasteiger partial charge in [0.1, 0.15) is 4.21 Å². The monoisotopic (exact) mass is 288 g/mol. The summed E-state index contributed by atoms with van der Waals surface area (Å²) in [5, 5.41) is 0. The van der Waals surface area contributed by atoms with Crippen molar-refractivity contribution >= 4 is 21.4 Å². The average molecular weight is 288 g/mol. The van der Waals surface area contributed by atoms with E-state index < -0.39 is 10.0 Å². The summed E-state index contributed by atoms with van der Waals surface area (Å²) in [6, 6.07) is 3.50. The molecule has 0 aliphatic heterocycles. The van der Waals surface area contributed by atoms with Crippen molar-refractivity contribution in [1.82, 2.24) is 4.72 Å². The SMILES string of the molecule is Cc1ccc(S(=O)(=O)N[C@@H]2CCCC[C@@H]2CN)s1. The molecular formula is C12H20N2O2S2. The average Bonchev–Trinajstić information content (AvgIpc) is 2.77. The second-order valence-corrected chi connectivity index (χ2v) is 8.10. The Bertz CT molecular complexity index is 496. The van der Waals surface area contributed by atoms with E-state index in [-0.39, 0.29) is 12.0 Å². The molecule has 1 aromatic rings. The topological polar surface area (TPSA) is 72.2 Å². The summed E-state index contributed by atoms with van der Waals surface area (Å²) in [7, 11) is -3.37. The summed E-state index contributed by atoms with van der Waals surface area (Å²) in [5.74, 6) is 0.273. The first-order valence-corrected chi connectivity index (χ1v) is 8.62. The number of aryl methyl sites for hydroxylation is 1. The third-order valence-electron chi connectivity index (χ3n) is 3.50. The zero-order valence-electron chi connectivity index (χ0n) is 10.6. The number of hydrogen-bond donors (Lipinski definition) is 2. The first-order valence-electron chi connectivity index (χ1n) is 6.32. The molecule has 0 amide bonds. The molecule has 0 aromatic carbocycles. The Morgan fingerprint density at radius 1 is 1.39 bits per heavy atom. The Balaban J connectivity index is 2.12. The first kappa shape index (κ1) is 14.0. The second-order valence-electron chi connectivity index (χ2n) is 4.87. The summed E-state index contributed by atoms with van der Waals surface area (Å²) in [6.45, 7) is 2.46. The smallest absolute Gasteiger partial charge is 0.250 e. The number of sulfonamides is 1. The van der Waals surface area contributed by atoms with E-state index in [4.69, 9.17) is 5.73 Å². The van der Waals surface area contributed by atoms with Gasteiger partial charge < -0.3 is 5.73 Å². The van der Waals surface area contributed by atoms with Crippen LogP contribution in [0.2, 0.25) is 0 Å². The van der Waals surface area contributed by atoms with Gasteiger partial charge in [-0.3, -0.25) is 0 Å². The minimum Gasteiger partial charge on any atom is -0.330 e. The van der Waals surface area contributed by atoms with Crippen LogP contribution in [0.5, 0.6) is 0 Å². The highest BCUT2D eigenvalue weighted by atomic mass is 32.2. The fourth-order valence-corrected chi connectivity index (χ4v) is 5.10. The minimum atomic E-state index is -3.37. The summed E-state index contributed by atoms with van der Waals surface area (Å²) < 4.78 is 27.7. The Morgan fingerprint density at radius 2 is 2.11 bits per heavy atom. The maximum absolute atomic E-state index is 12.2. The van der Waals surface area contributed by atoms with Crippen LogP contribution in [-0.2, 0) is 10.0 Å². The van der Waals surface area contributed by atoms with Gasteiger partial charge in [0, 0.05) is 10.9 Å². The molecule has 6 heteroatoms. The van der Waals surface area contributed by atoms with E-state index in [1.165, 1.54) is 11.3 Å². The summed E-state index contributed by atoms with van der Waals surface area (Å²) in [5.41, 5.74) is 5.72. The molecule has 1 aliphatic carbocycles. The van der Waals surface area contributed by atoms with E-state index in [9.17, 15) is 8.42 Å². The van der Waals surface area contributed by atoms with Crippen molar-refractivity contribution in [3.8, 4) is 0 Å². The largest absolute Gasteiger partial charge is 0.330 e. The lowest BCUT2D eigenvalue weighted by Crippen LogP contribution is -2.44. The first-order chi connectivity index (χ1) is 8.53. The van der Waals surface area contributed by atoms with Gasteiger partial charge in [-0.1, -0.05) is 12.8 Å². The van der Waals surface area contributed by atoms with E-state index in [0.29, 0.717) is 10.8 Å². The van der Waals surface area contributed by atoms with Crippen molar-refractivity contribution < 1.29 is 8.42 Å². The molecule has 102 valence electrons. The fraction of sp³-hybridized carbons (Fsp3) is 0.667. The molecule has 0 radical (unpaired) electrons. The molecule has 2 rings (SSSR count). The zero-order valence-corrected chi connectivity index (χ0v) is 12.2. The molecule has 1 heterocycles. The van der Waals surface area contributed by atoms with Crippen LogP contribution >= 0.6 is 11.3 Å². The van der Waals surface area contributed by atoms with E-state index in [1.54, 1.807) is 6.07 Å². The van der Waals surface area contributed by atoms with Gasteiger partial charge in [0.15, 0.2) is 0 Å². The van der Waals surface area contributed by atoms with Crippen molar-refractivity contribution in [3.05, 3.63) is 17.0 Å². The summed E-state index contributed by atoms with van der Waals surface area (Å²) in [4.78, 5) is 1.01. The van der Waals surface area contributed by atoms with E-state index in [2.05, 4.69) is 4.72 Å². The van der Waals surface area contributed by atoms with Gasteiger partial charge in [-0.15, -0.1) is 11.3 Å². The van der Waals surface area contributed by atoms with Gasteiger partial charge in [0.05, 0.1) is 0 Å². The standard InChI is InChI=1S/C12H20N2O2S2/c1-9-6-7-12(17-9)18(15,16)14-11-5-3-2-4-10(11)8-13/h6-7,10-11,14H,2-5,8,13H2,1H3/t10-,11-/m1/s1. The van der Waals surface area contributed by atoms with Crippen molar-refractivity contribution in [2.24, 2.45) is 11.7 Å². The Morgan fingerprint density at radius 3 is 2.72 bits per heavy atom. The lowest BCUT2D eigenvalue weighted by Gasteiger charge is -2.30. The minimum absolute atomic E-state index is 0.00356. The predicted octanol–water partition coefficient (Wildman–Crippen LogP) is 1.85. The van der Waals surface area contributed by atoms with Crippen LogP contribution in [0.15, 0.2) is 16.3 Å². The van der Waals surface area contributed by atoms with Crippen molar-refractivity contribution in [2.45, 2.75) is 42.9 Å². The molecule has 1 aromatic heterocycles. The molecule has 0 bridgehead atoms. The van der Waals surface area contributed by atoms with Crippen molar-refractivity contribution in [2.75, 3.05) is 6.54 Å². The second kappa shape index (κ2) is 5.69. The molecule has 18 heavy (non-hydrogen) atoms. The van der Waals surface area contributed by atoms with Gasteiger partial charge in [-0.05, 0) is 44.4 Å². The van der Waals surface area contributed by atoms with E-state index in [0.717, 1.165) is 30.6 Å². The van der Waals surface area contributed by atoms with E-state index in [1.807, 2.05) is 13.0 Å². The number of thiophene rings is 1. The summed E-state index contributed by atoms with van der Waals surface area (Å²) in [6.07, 6.45) is 4.14. The molecule has 2 atom stereocenters. The lowest BCUT2D eigenvalue weighted by molar-refractivity contribution is 0.296. The van der Waals surface area contributed by atoms with Crippen LogP contribution < -0.4 is 10.5 Å². The van der Waals surface area contributed by atoms with Gasteiger partial charge in [0.2, 0.25) is 10.0 Å². The Kier molecular flexibility index (Phi) is 4.42. The molecule has 4 nitrogen and oxygen atoms in total. The van der Waals surface area contributed by atoms with Crippen molar-refractivity contribution in [3.63, 3.8) is 0 Å². The molecule has 1 fully saturated rings. The zero-order chi connectivity index (χ0) is 13.2. The Hall–Kier alpha value is -0.430. The van der Waals surface area contributed by atoms with Gasteiger partial charge in [-0.25, -0.2) is 13.1 Å². The fourth-order valence-electron chi connectivity index (χ4n) is 2.46. The van der Waals surface area contributed by atoms with Crippen LogP contribution in [-0.4, -0.2) is 21.0 Å². The van der Waals surface area contributed by atoms with Gasteiger partial charge >= 0.3 is 0 Å². The lowest BCUT2D eigenvalue weighted by atomic mass is 9.85. The highest BCUT2D eigenvalue weighted by Crippen LogP contribution is 2.26. The molecule has 3 N–H and O–H groups in total. The van der Waals surface area contributed by atoms with Gasteiger partial charge in [0.25, 0.3) is 0 Å². The molecule has 0 saturated heterocycles. The normalized spacial score (nSPS) is 25.2. The quantitative estimate of drug-likeness (QED) is 0.888. The highest BCUT2D eigenvalue weighted by Gasteiger charge is 2.29. The van der Waals surface area contributed by atoms with Crippen LogP contribution in [0.4, 0.5) is 0 Å². The highest BCUT2D eigenvalue weighted by molar-refractivity contribution is 7.91. The molecule has 1 aliphatic rings. The third-order valence-corrected chi connectivity index (χ3v) is 6.48. The van der Waals surface area contributed by atoms with E-state index >= 15 is 0 Å². The number of rotatable bonds is 4. The molecule has 0 spiro atoms. The number of nitrogens with one attached hydrogen (secondary N) is 1. The number of hydrogen-bond acceptors (Lipinski definition) is 4. The number of nitrogens with two attached hydrogens (primary N) is 1. The van der Waals surface area contributed by atoms with Gasteiger partial charge in [-0.2, -0.15) is 0 Å². The van der Waals surface area contributed by atoms with Crippen LogP contribution in [0.25, 0.3) is 0 Å².